The molecule has 0 aliphatic heterocycles. The fourth-order valence-electron chi connectivity index (χ4n) is 5.02. The van der Waals surface area contributed by atoms with Crippen LogP contribution < -0.4 is 5.32 Å². The monoisotopic (exact) mass is 441 g/mol. The number of aryl methyl sites for hydroxylation is 1. The molecule has 0 spiro atoms. The van der Waals surface area contributed by atoms with E-state index in [1.807, 2.05) is 26.0 Å². The van der Waals surface area contributed by atoms with Crippen molar-refractivity contribution in [1.82, 2.24) is 5.32 Å². The fraction of sp³-hybridized carbons (Fsp3) is 0.310. The van der Waals surface area contributed by atoms with Crippen LogP contribution in [0.4, 0.5) is 0 Å². The summed E-state index contributed by atoms with van der Waals surface area (Å²) in [5, 5.41) is 3.31. The van der Waals surface area contributed by atoms with Crippen LogP contribution in [-0.2, 0) is 26.3 Å². The van der Waals surface area contributed by atoms with Crippen LogP contribution in [0.1, 0.15) is 61.8 Å². The van der Waals surface area contributed by atoms with E-state index in [2.05, 4.69) is 66.0 Å². The third-order valence-corrected chi connectivity index (χ3v) is 6.57. The molecule has 33 heavy (non-hydrogen) atoms. The van der Waals surface area contributed by atoms with Crippen LogP contribution in [0.15, 0.2) is 72.8 Å². The molecule has 3 aromatic carbocycles. The molecule has 4 rings (SSSR count). The van der Waals surface area contributed by atoms with Gasteiger partial charge >= 0.3 is 5.97 Å². The molecule has 0 fully saturated rings. The second kappa shape index (κ2) is 9.62. The predicted molar refractivity (Wildman–Crippen MR) is 131 cm³/mol. The van der Waals surface area contributed by atoms with Gasteiger partial charge in [0.1, 0.15) is 0 Å². The van der Waals surface area contributed by atoms with E-state index in [4.69, 9.17) is 4.74 Å². The van der Waals surface area contributed by atoms with Crippen molar-refractivity contribution < 1.29 is 14.3 Å². The quantitative estimate of drug-likeness (QED) is 0.454. The van der Waals surface area contributed by atoms with Gasteiger partial charge in [0.2, 0.25) is 5.91 Å². The van der Waals surface area contributed by atoms with Crippen LogP contribution in [0.25, 0.3) is 11.1 Å². The average molecular weight is 442 g/mol. The number of ether oxygens (including phenoxy) is 1. The van der Waals surface area contributed by atoms with E-state index < -0.39 is 5.54 Å². The van der Waals surface area contributed by atoms with Crippen LogP contribution in [0.5, 0.6) is 0 Å². The van der Waals surface area contributed by atoms with E-state index in [0.29, 0.717) is 13.0 Å². The number of hydrogen-bond acceptors (Lipinski definition) is 3. The molecule has 1 amide bonds. The van der Waals surface area contributed by atoms with Crippen LogP contribution in [0.2, 0.25) is 0 Å². The second-order valence-corrected chi connectivity index (χ2v) is 8.83. The molecule has 4 heteroatoms. The first-order valence-corrected chi connectivity index (χ1v) is 11.7. The van der Waals surface area contributed by atoms with E-state index >= 15 is 0 Å². The normalized spacial score (nSPS) is 14.2. The molecule has 0 radical (unpaired) electrons. The van der Waals surface area contributed by atoms with Crippen LogP contribution in [0.3, 0.4) is 0 Å². The Balaban J connectivity index is 1.58. The van der Waals surface area contributed by atoms with Crippen molar-refractivity contribution in [1.29, 1.82) is 0 Å². The van der Waals surface area contributed by atoms with Crippen molar-refractivity contribution in [3.63, 3.8) is 0 Å². The van der Waals surface area contributed by atoms with Gasteiger partial charge in [-0.15, -0.1) is 0 Å². The van der Waals surface area contributed by atoms with Gasteiger partial charge in [-0.05, 0) is 59.1 Å². The maximum atomic E-state index is 12.3. The summed E-state index contributed by atoms with van der Waals surface area (Å²) in [7, 11) is 0. The van der Waals surface area contributed by atoms with Gasteiger partial charge in [0.15, 0.2) is 0 Å². The average Bonchev–Trinajstić information content (AvgIpc) is 3.08. The lowest BCUT2D eigenvalue weighted by molar-refractivity contribution is -0.143. The Hall–Kier alpha value is -3.40. The number of benzene rings is 3. The van der Waals surface area contributed by atoms with Crippen LogP contribution in [0, 0.1) is 0 Å². The molecule has 1 atom stereocenters. The highest BCUT2D eigenvalue weighted by atomic mass is 16.5. The van der Waals surface area contributed by atoms with Crippen molar-refractivity contribution in [2.24, 2.45) is 0 Å². The number of carbonyl (C=O) groups excluding carboxylic acids is 2. The maximum Gasteiger partial charge on any atom is 0.306 e. The lowest BCUT2D eigenvalue weighted by atomic mass is 9.81. The first-order valence-electron chi connectivity index (χ1n) is 11.7. The van der Waals surface area contributed by atoms with Gasteiger partial charge in [-0.25, -0.2) is 0 Å². The second-order valence-electron chi connectivity index (χ2n) is 8.83. The number of rotatable bonds is 8. The zero-order chi connectivity index (χ0) is 23.4. The Kier molecular flexibility index (Phi) is 6.64. The Morgan fingerprint density at radius 2 is 1.48 bits per heavy atom. The van der Waals surface area contributed by atoms with E-state index in [1.165, 1.54) is 16.7 Å². The van der Waals surface area contributed by atoms with E-state index in [-0.39, 0.29) is 17.8 Å². The van der Waals surface area contributed by atoms with Crippen molar-refractivity contribution in [3.05, 3.63) is 95.1 Å². The number of amides is 1. The molecule has 3 aromatic rings. The number of fused-ring (bicyclic) bond motifs is 3. The smallest absolute Gasteiger partial charge is 0.306 e. The molecule has 170 valence electrons. The molecule has 1 unspecified atom stereocenters. The van der Waals surface area contributed by atoms with Gasteiger partial charge in [0, 0.05) is 6.92 Å². The highest BCUT2D eigenvalue weighted by Gasteiger charge is 2.43. The zero-order valence-corrected chi connectivity index (χ0v) is 19.6. The van der Waals surface area contributed by atoms with Gasteiger partial charge in [-0.2, -0.15) is 0 Å². The zero-order valence-electron chi connectivity index (χ0n) is 19.6. The molecular formula is C29H31NO3. The first-order chi connectivity index (χ1) is 15.9. The minimum atomic E-state index is -0.547. The summed E-state index contributed by atoms with van der Waals surface area (Å²) in [4.78, 5) is 24.2. The number of nitrogens with one attached hydrogen (secondary N) is 1. The molecular weight excluding hydrogens is 410 g/mol. The summed E-state index contributed by atoms with van der Waals surface area (Å²) < 4.78 is 5.08. The third-order valence-electron chi connectivity index (χ3n) is 6.57. The summed E-state index contributed by atoms with van der Waals surface area (Å²) in [5.41, 5.74) is 6.46. The fourth-order valence-corrected chi connectivity index (χ4v) is 5.02. The molecule has 0 bridgehead atoms. The van der Waals surface area contributed by atoms with E-state index in [1.54, 1.807) is 6.92 Å². The van der Waals surface area contributed by atoms with Gasteiger partial charge in [0.05, 0.1) is 18.6 Å². The number of carbonyl (C=O) groups is 2. The van der Waals surface area contributed by atoms with Crippen LogP contribution in [-0.4, -0.2) is 18.5 Å². The number of esters is 1. The molecule has 1 aliphatic rings. The highest BCUT2D eigenvalue weighted by molar-refractivity contribution is 5.84. The number of hydrogen-bond donors (Lipinski definition) is 1. The molecule has 0 aromatic heterocycles. The largest absolute Gasteiger partial charge is 0.466 e. The molecule has 0 saturated heterocycles. The SMILES string of the molecule is CCOC(=O)CC(C)c1ccc(CCC2(NC(C)=O)c3ccccc3-c3ccccc32)cc1. The Labute approximate surface area is 196 Å². The Bertz CT molecular complexity index is 1100. The third kappa shape index (κ3) is 4.56. The van der Waals surface area contributed by atoms with Crippen molar-refractivity contribution in [3.8, 4) is 11.1 Å². The predicted octanol–water partition coefficient (Wildman–Crippen LogP) is 5.74. The summed E-state index contributed by atoms with van der Waals surface area (Å²) in [6, 6.07) is 25.2. The minimum absolute atomic E-state index is 0.0374. The summed E-state index contributed by atoms with van der Waals surface area (Å²) in [6.45, 7) is 5.87. The lowest BCUT2D eigenvalue weighted by Crippen LogP contribution is -2.45. The summed E-state index contributed by atoms with van der Waals surface area (Å²) in [6.07, 6.45) is 1.96. The van der Waals surface area contributed by atoms with E-state index in [9.17, 15) is 9.59 Å². The van der Waals surface area contributed by atoms with Crippen LogP contribution >= 0.6 is 0 Å². The molecule has 0 heterocycles. The lowest BCUT2D eigenvalue weighted by Gasteiger charge is -2.33. The summed E-state index contributed by atoms with van der Waals surface area (Å²) in [5.74, 6) is -0.0908. The van der Waals surface area contributed by atoms with Gasteiger partial charge in [0.25, 0.3) is 0 Å². The standard InChI is InChI=1S/C29H31NO3/c1-4-33-28(32)19-20(2)23-15-13-22(14-16-23)17-18-29(30-21(3)31)26-11-7-5-9-24(26)25-10-6-8-12-27(25)29/h5-16,20H,4,17-19H2,1-3H3,(H,30,31). The molecule has 0 saturated carbocycles. The molecule has 4 nitrogen and oxygen atoms in total. The van der Waals surface area contributed by atoms with Gasteiger partial charge in [-0.1, -0.05) is 79.7 Å². The molecule has 1 aliphatic carbocycles. The maximum absolute atomic E-state index is 12.3. The highest BCUT2D eigenvalue weighted by Crippen LogP contribution is 2.49. The first kappa shape index (κ1) is 22.8. The van der Waals surface area contributed by atoms with Crippen molar-refractivity contribution >= 4 is 11.9 Å². The van der Waals surface area contributed by atoms with Crippen molar-refractivity contribution in [2.75, 3.05) is 6.61 Å². The Morgan fingerprint density at radius 3 is 2.03 bits per heavy atom. The van der Waals surface area contributed by atoms with Crippen molar-refractivity contribution in [2.45, 2.75) is 51.5 Å². The minimum Gasteiger partial charge on any atom is -0.466 e. The van der Waals surface area contributed by atoms with Gasteiger partial charge < -0.3 is 10.1 Å². The topological polar surface area (TPSA) is 55.4 Å². The molecule has 1 N–H and O–H groups in total. The Morgan fingerprint density at radius 1 is 0.909 bits per heavy atom. The van der Waals surface area contributed by atoms with E-state index in [0.717, 1.165) is 29.5 Å². The summed E-state index contributed by atoms with van der Waals surface area (Å²) >= 11 is 0. The van der Waals surface area contributed by atoms with Gasteiger partial charge in [-0.3, -0.25) is 9.59 Å².